The van der Waals surface area contributed by atoms with Crippen molar-refractivity contribution in [3.8, 4) is 0 Å². The molecular weight excluding hydrogens is 142 g/mol. The van der Waals surface area contributed by atoms with Crippen molar-refractivity contribution in [3.05, 3.63) is 23.9 Å². The monoisotopic (exact) mass is 152 g/mol. The van der Waals surface area contributed by atoms with Crippen LogP contribution in [0.15, 0.2) is 23.5 Å². The van der Waals surface area contributed by atoms with E-state index in [1.165, 1.54) is 6.21 Å². The van der Waals surface area contributed by atoms with Crippen LogP contribution >= 0.6 is 0 Å². The van der Waals surface area contributed by atoms with Gasteiger partial charge in [-0.3, -0.25) is 5.73 Å². The van der Waals surface area contributed by atoms with Gasteiger partial charge in [0, 0.05) is 0 Å². The number of nitrogens with zero attached hydrogens (tertiary/aromatic N) is 2. The van der Waals surface area contributed by atoms with Gasteiger partial charge in [0.1, 0.15) is 0 Å². The van der Waals surface area contributed by atoms with E-state index in [0.717, 1.165) is 0 Å². The Morgan fingerprint density at radius 3 is 3.09 bits per heavy atom. The predicted octanol–water partition coefficient (Wildman–Crippen LogP) is -0.0986. The Kier molecular flexibility index (Phi) is 2.06. The van der Waals surface area contributed by atoms with Gasteiger partial charge < -0.3 is 5.21 Å². The Hall–Kier alpha value is -1.58. The minimum absolute atomic E-state index is 0.574. The zero-order valence-corrected chi connectivity index (χ0v) is 6.23. The first kappa shape index (κ1) is 7.53. The van der Waals surface area contributed by atoms with Crippen molar-refractivity contribution in [2.24, 2.45) is 12.2 Å². The molecule has 58 valence electrons. The summed E-state index contributed by atoms with van der Waals surface area (Å²) in [4.78, 5) is 0. The zero-order chi connectivity index (χ0) is 8.27. The summed E-state index contributed by atoms with van der Waals surface area (Å²) in [5.74, 6) is 0.574. The van der Waals surface area contributed by atoms with Crippen molar-refractivity contribution >= 4 is 12.0 Å². The summed E-state index contributed by atoms with van der Waals surface area (Å²) in [6.45, 7) is 0. The Bertz CT molecular complexity index is 283. The van der Waals surface area contributed by atoms with E-state index in [4.69, 9.17) is 10.9 Å². The van der Waals surface area contributed by atoms with Gasteiger partial charge in [-0.1, -0.05) is 5.16 Å². The van der Waals surface area contributed by atoms with Gasteiger partial charge in [-0.2, -0.15) is 0 Å². The third-order valence-corrected chi connectivity index (χ3v) is 1.46. The fourth-order valence-electron chi connectivity index (χ4n) is 0.816. The summed E-state index contributed by atoms with van der Waals surface area (Å²) in [5, 5.41) is 11.1. The van der Waals surface area contributed by atoms with Crippen LogP contribution in [0, 0.1) is 0 Å². The number of rotatable bonds is 1. The van der Waals surface area contributed by atoms with Gasteiger partial charge in [0.2, 0.25) is 0 Å². The van der Waals surface area contributed by atoms with Crippen molar-refractivity contribution in [2.45, 2.75) is 0 Å². The van der Waals surface area contributed by atoms with Gasteiger partial charge in [-0.15, -0.1) is 0 Å². The maximum absolute atomic E-state index is 8.24. The third-order valence-electron chi connectivity index (χ3n) is 1.46. The minimum Gasteiger partial charge on any atom is -0.411 e. The molecule has 4 nitrogen and oxygen atoms in total. The van der Waals surface area contributed by atoms with Gasteiger partial charge in [0.15, 0.2) is 0 Å². The minimum atomic E-state index is 0.574. The molecule has 1 heterocycles. The average molecular weight is 152 g/mol. The second-order valence-electron chi connectivity index (χ2n) is 2.20. The van der Waals surface area contributed by atoms with Crippen LogP contribution in [0.5, 0.6) is 0 Å². The lowest BCUT2D eigenvalue weighted by molar-refractivity contribution is -0.656. The summed E-state index contributed by atoms with van der Waals surface area (Å²) in [5.41, 5.74) is 6.34. The lowest BCUT2D eigenvalue weighted by Crippen LogP contribution is -2.32. The fraction of sp³-hybridized carbons (Fsp3) is 0.143. The fourth-order valence-corrected chi connectivity index (χ4v) is 0.816. The molecule has 0 fully saturated rings. The molecule has 1 aromatic rings. The van der Waals surface area contributed by atoms with E-state index in [0.29, 0.717) is 11.4 Å². The molecule has 0 aromatic carbocycles. The lowest BCUT2D eigenvalue weighted by atomic mass is 10.3. The quantitative estimate of drug-likeness (QED) is 0.255. The molecule has 0 radical (unpaired) electrons. The third kappa shape index (κ3) is 1.46. The SMILES string of the molecule is C[n+]1cccc(/C=N/O)c1N. The lowest BCUT2D eigenvalue weighted by Gasteiger charge is -1.96. The van der Waals surface area contributed by atoms with E-state index in [1.807, 2.05) is 19.3 Å². The molecule has 0 saturated heterocycles. The van der Waals surface area contributed by atoms with Crippen LogP contribution < -0.4 is 10.3 Å². The number of aryl methyl sites for hydroxylation is 1. The summed E-state index contributed by atoms with van der Waals surface area (Å²) < 4.78 is 1.75. The first-order valence-corrected chi connectivity index (χ1v) is 3.17. The molecule has 1 aromatic heterocycles. The summed E-state index contributed by atoms with van der Waals surface area (Å²) >= 11 is 0. The molecule has 0 spiro atoms. The van der Waals surface area contributed by atoms with Crippen molar-refractivity contribution < 1.29 is 9.77 Å². The summed E-state index contributed by atoms with van der Waals surface area (Å²) in [6, 6.07) is 3.60. The number of hydrogen-bond acceptors (Lipinski definition) is 3. The number of nitrogen functional groups attached to an aromatic ring is 1. The van der Waals surface area contributed by atoms with Crippen LogP contribution in [-0.4, -0.2) is 11.4 Å². The summed E-state index contributed by atoms with van der Waals surface area (Å²) in [7, 11) is 1.82. The van der Waals surface area contributed by atoms with Gasteiger partial charge >= 0.3 is 0 Å². The first-order valence-electron chi connectivity index (χ1n) is 3.17. The highest BCUT2D eigenvalue weighted by Crippen LogP contribution is 1.99. The van der Waals surface area contributed by atoms with Crippen LogP contribution in [0.2, 0.25) is 0 Å². The Morgan fingerprint density at radius 1 is 1.73 bits per heavy atom. The molecule has 0 aliphatic heterocycles. The smallest absolute Gasteiger partial charge is 0.281 e. The van der Waals surface area contributed by atoms with E-state index >= 15 is 0 Å². The second kappa shape index (κ2) is 3.01. The molecule has 0 saturated carbocycles. The first-order chi connectivity index (χ1) is 5.25. The number of anilines is 1. The van der Waals surface area contributed by atoms with E-state index in [9.17, 15) is 0 Å². The number of hydrogen-bond donors (Lipinski definition) is 2. The highest BCUT2D eigenvalue weighted by atomic mass is 16.4. The van der Waals surface area contributed by atoms with Crippen molar-refractivity contribution in [3.63, 3.8) is 0 Å². The Balaban J connectivity index is 3.16. The number of nitrogens with two attached hydrogens (primary N) is 1. The molecule has 0 unspecified atom stereocenters. The van der Waals surface area contributed by atoms with Crippen molar-refractivity contribution in [1.82, 2.24) is 0 Å². The zero-order valence-electron chi connectivity index (χ0n) is 6.23. The van der Waals surface area contributed by atoms with Gasteiger partial charge in [-0.05, 0) is 12.1 Å². The predicted molar refractivity (Wildman–Crippen MR) is 41.4 cm³/mol. The maximum atomic E-state index is 8.24. The summed E-state index contributed by atoms with van der Waals surface area (Å²) in [6.07, 6.45) is 3.12. The van der Waals surface area contributed by atoms with Crippen LogP contribution in [0.1, 0.15) is 5.56 Å². The number of aromatic nitrogens is 1. The number of oxime groups is 1. The highest BCUT2D eigenvalue weighted by Gasteiger charge is 2.03. The Morgan fingerprint density at radius 2 is 2.45 bits per heavy atom. The van der Waals surface area contributed by atoms with Crippen LogP contribution in [0.3, 0.4) is 0 Å². The van der Waals surface area contributed by atoms with E-state index in [1.54, 1.807) is 10.6 Å². The second-order valence-corrected chi connectivity index (χ2v) is 2.20. The molecule has 0 aliphatic rings. The highest BCUT2D eigenvalue weighted by molar-refractivity contribution is 5.83. The molecule has 11 heavy (non-hydrogen) atoms. The maximum Gasteiger partial charge on any atom is 0.281 e. The van der Waals surface area contributed by atoms with Crippen molar-refractivity contribution in [2.75, 3.05) is 5.73 Å². The van der Waals surface area contributed by atoms with E-state index < -0.39 is 0 Å². The molecule has 0 atom stereocenters. The average Bonchev–Trinajstić information content (AvgIpc) is 1.99. The van der Waals surface area contributed by atoms with Gasteiger partial charge in [0.25, 0.3) is 5.82 Å². The molecule has 1 rings (SSSR count). The van der Waals surface area contributed by atoms with Crippen molar-refractivity contribution in [1.29, 1.82) is 0 Å². The molecule has 4 heteroatoms. The molecule has 0 bridgehead atoms. The molecule has 0 aliphatic carbocycles. The molecular formula is C7H10N3O+. The van der Waals surface area contributed by atoms with Gasteiger partial charge in [-0.25, -0.2) is 4.57 Å². The van der Waals surface area contributed by atoms with Crippen LogP contribution in [0.25, 0.3) is 0 Å². The van der Waals surface area contributed by atoms with Gasteiger partial charge in [0.05, 0.1) is 25.0 Å². The number of pyridine rings is 1. The Labute approximate surface area is 64.6 Å². The normalized spacial score (nSPS) is 10.6. The van der Waals surface area contributed by atoms with Crippen LogP contribution in [0.4, 0.5) is 5.82 Å². The molecule has 3 N–H and O–H groups in total. The van der Waals surface area contributed by atoms with Crippen LogP contribution in [-0.2, 0) is 7.05 Å². The standard InChI is InChI=1S/C7H9N3O/c1-10-4-2-3-6(5-9-11)7(10)8/h2-5,8,11H,1H3/p+1/b9-5+. The largest absolute Gasteiger partial charge is 0.411 e. The van der Waals surface area contributed by atoms with E-state index in [2.05, 4.69) is 5.16 Å². The van der Waals surface area contributed by atoms with E-state index in [-0.39, 0.29) is 0 Å². The topological polar surface area (TPSA) is 62.5 Å². The molecule has 0 amide bonds.